The predicted octanol–water partition coefficient (Wildman–Crippen LogP) is 2.61. The van der Waals surface area contributed by atoms with Crippen molar-refractivity contribution in [3.63, 3.8) is 0 Å². The lowest BCUT2D eigenvalue weighted by Crippen LogP contribution is -2.42. The number of fused-ring (bicyclic) bond motifs is 1. The Bertz CT molecular complexity index is 846. The summed E-state index contributed by atoms with van der Waals surface area (Å²) in [5.41, 5.74) is 1.16. The predicted molar refractivity (Wildman–Crippen MR) is 94.7 cm³/mol. The van der Waals surface area contributed by atoms with Crippen LogP contribution in [-0.2, 0) is 27.8 Å². The van der Waals surface area contributed by atoms with Gasteiger partial charge >= 0.3 is 0 Å². The molecule has 0 radical (unpaired) electrons. The number of carbonyl (C=O) groups excluding carboxylic acids is 1. The summed E-state index contributed by atoms with van der Waals surface area (Å²) in [5, 5.41) is 2.49. The number of thiophene rings is 1. The normalized spacial score (nSPS) is 14.7. The Labute approximate surface area is 150 Å². The van der Waals surface area contributed by atoms with Crippen LogP contribution < -0.4 is 0 Å². The van der Waals surface area contributed by atoms with Crippen molar-refractivity contribution >= 4 is 38.9 Å². The monoisotopic (exact) mass is 384 g/mol. The van der Waals surface area contributed by atoms with Gasteiger partial charge in [0.25, 0.3) is 0 Å². The number of halogens is 1. The zero-order valence-corrected chi connectivity index (χ0v) is 15.5. The maximum atomic E-state index is 12.5. The smallest absolute Gasteiger partial charge is 0.243 e. The molecule has 0 unspecified atom stereocenters. The molecule has 1 aromatic heterocycles. The van der Waals surface area contributed by atoms with Crippen molar-refractivity contribution in [2.75, 3.05) is 20.1 Å². The third kappa shape index (κ3) is 3.49. The van der Waals surface area contributed by atoms with Gasteiger partial charge in [-0.25, -0.2) is 8.42 Å². The molecule has 0 saturated heterocycles. The highest BCUT2D eigenvalue weighted by molar-refractivity contribution is 7.89. The summed E-state index contributed by atoms with van der Waals surface area (Å²) in [6.07, 6.45) is 0.826. The Morgan fingerprint density at radius 1 is 1.29 bits per heavy atom. The van der Waals surface area contributed by atoms with Crippen LogP contribution >= 0.6 is 22.9 Å². The molecule has 1 amide bonds. The molecule has 0 spiro atoms. The number of hydrogen-bond acceptors (Lipinski definition) is 4. The fourth-order valence-electron chi connectivity index (χ4n) is 2.62. The van der Waals surface area contributed by atoms with Crippen molar-refractivity contribution in [3.05, 3.63) is 51.2 Å². The van der Waals surface area contributed by atoms with Gasteiger partial charge in [-0.3, -0.25) is 4.79 Å². The van der Waals surface area contributed by atoms with E-state index in [4.69, 9.17) is 11.6 Å². The van der Waals surface area contributed by atoms with Crippen molar-refractivity contribution in [1.29, 1.82) is 0 Å². The van der Waals surface area contributed by atoms with Crippen LogP contribution in [-0.4, -0.2) is 43.7 Å². The lowest BCUT2D eigenvalue weighted by molar-refractivity contribution is -0.132. The summed E-state index contributed by atoms with van der Waals surface area (Å²) in [5.74, 6) is -0.188. The second-order valence-corrected chi connectivity index (χ2v) is 9.13. The first-order chi connectivity index (χ1) is 11.4. The summed E-state index contributed by atoms with van der Waals surface area (Å²) >= 11 is 7.49. The molecule has 0 atom stereocenters. The first-order valence-electron chi connectivity index (χ1n) is 7.43. The SMILES string of the molecule is CN(CC(=O)N1CCc2sccc2C1)S(=O)(=O)c1ccc(Cl)cc1. The number of likely N-dealkylation sites (N-methyl/N-ethyl adjacent to an activating group) is 1. The molecule has 0 bridgehead atoms. The van der Waals surface area contributed by atoms with Gasteiger partial charge < -0.3 is 4.90 Å². The second-order valence-electron chi connectivity index (χ2n) is 5.65. The van der Waals surface area contributed by atoms with Crippen LogP contribution in [0.4, 0.5) is 0 Å². The van der Waals surface area contributed by atoms with Gasteiger partial charge in [0.2, 0.25) is 15.9 Å². The molecule has 2 heterocycles. The van der Waals surface area contributed by atoms with Crippen molar-refractivity contribution in [2.24, 2.45) is 0 Å². The molecule has 1 aliphatic heterocycles. The Balaban J connectivity index is 1.69. The number of carbonyl (C=O) groups is 1. The van der Waals surface area contributed by atoms with E-state index < -0.39 is 10.0 Å². The van der Waals surface area contributed by atoms with Crippen LogP contribution in [0.5, 0.6) is 0 Å². The van der Waals surface area contributed by atoms with E-state index >= 15 is 0 Å². The average molecular weight is 385 g/mol. The Hall–Kier alpha value is -1.41. The number of nitrogens with zero attached hydrogens (tertiary/aromatic N) is 2. The summed E-state index contributed by atoms with van der Waals surface area (Å²) in [6.45, 7) is 0.998. The molecule has 5 nitrogen and oxygen atoms in total. The molecular weight excluding hydrogens is 368 g/mol. The summed E-state index contributed by atoms with van der Waals surface area (Å²) < 4.78 is 26.2. The van der Waals surface area contributed by atoms with Gasteiger partial charge in [-0.1, -0.05) is 11.6 Å². The molecule has 3 rings (SSSR count). The van der Waals surface area contributed by atoms with E-state index in [-0.39, 0.29) is 17.3 Å². The third-order valence-electron chi connectivity index (χ3n) is 4.04. The van der Waals surface area contributed by atoms with E-state index in [9.17, 15) is 13.2 Å². The van der Waals surface area contributed by atoms with Gasteiger partial charge in [-0.05, 0) is 47.7 Å². The van der Waals surface area contributed by atoms with Crippen molar-refractivity contribution in [3.8, 4) is 0 Å². The van der Waals surface area contributed by atoms with Crippen LogP contribution in [0.1, 0.15) is 10.4 Å². The highest BCUT2D eigenvalue weighted by Gasteiger charge is 2.27. The lowest BCUT2D eigenvalue weighted by atomic mass is 10.1. The molecule has 0 saturated carbocycles. The fraction of sp³-hybridized carbons (Fsp3) is 0.312. The molecule has 0 fully saturated rings. The molecule has 128 valence electrons. The maximum Gasteiger partial charge on any atom is 0.243 e. The quantitative estimate of drug-likeness (QED) is 0.814. The first kappa shape index (κ1) is 17.4. The number of rotatable bonds is 4. The van der Waals surface area contributed by atoms with E-state index in [0.717, 1.165) is 16.3 Å². The second kappa shape index (κ2) is 6.84. The van der Waals surface area contributed by atoms with Crippen LogP contribution in [0.15, 0.2) is 40.6 Å². The van der Waals surface area contributed by atoms with Crippen molar-refractivity contribution in [1.82, 2.24) is 9.21 Å². The number of sulfonamides is 1. The van der Waals surface area contributed by atoms with Crippen LogP contribution in [0.25, 0.3) is 0 Å². The van der Waals surface area contributed by atoms with Gasteiger partial charge in [0.05, 0.1) is 11.4 Å². The highest BCUT2D eigenvalue weighted by atomic mass is 35.5. The Morgan fingerprint density at radius 2 is 2.00 bits per heavy atom. The maximum absolute atomic E-state index is 12.5. The summed E-state index contributed by atoms with van der Waals surface area (Å²) in [4.78, 5) is 15.6. The largest absolute Gasteiger partial charge is 0.337 e. The Morgan fingerprint density at radius 3 is 2.71 bits per heavy atom. The average Bonchev–Trinajstić information content (AvgIpc) is 3.02. The van der Waals surface area contributed by atoms with Crippen molar-refractivity contribution < 1.29 is 13.2 Å². The minimum atomic E-state index is -3.71. The highest BCUT2D eigenvalue weighted by Crippen LogP contribution is 2.24. The van der Waals surface area contributed by atoms with Gasteiger partial charge in [0, 0.05) is 30.0 Å². The fourth-order valence-corrected chi connectivity index (χ4v) is 4.76. The van der Waals surface area contributed by atoms with Gasteiger partial charge in [0.1, 0.15) is 0 Å². The van der Waals surface area contributed by atoms with Gasteiger partial charge in [0.15, 0.2) is 0 Å². The minimum absolute atomic E-state index is 0.126. The van der Waals surface area contributed by atoms with Gasteiger partial charge in [-0.15, -0.1) is 11.3 Å². The van der Waals surface area contributed by atoms with Crippen LogP contribution in [0.2, 0.25) is 5.02 Å². The summed E-state index contributed by atoms with van der Waals surface area (Å²) in [7, 11) is -2.29. The van der Waals surface area contributed by atoms with E-state index in [2.05, 4.69) is 0 Å². The molecule has 1 aliphatic rings. The summed E-state index contributed by atoms with van der Waals surface area (Å²) in [6, 6.07) is 7.95. The van der Waals surface area contributed by atoms with E-state index in [1.54, 1.807) is 16.2 Å². The van der Waals surface area contributed by atoms with Gasteiger partial charge in [-0.2, -0.15) is 4.31 Å². The molecule has 0 aliphatic carbocycles. The molecule has 2 aromatic rings. The van der Waals surface area contributed by atoms with Crippen molar-refractivity contribution in [2.45, 2.75) is 17.9 Å². The van der Waals surface area contributed by atoms with Crippen LogP contribution in [0.3, 0.4) is 0 Å². The van der Waals surface area contributed by atoms with E-state index in [0.29, 0.717) is 18.1 Å². The zero-order valence-electron chi connectivity index (χ0n) is 13.1. The molecule has 24 heavy (non-hydrogen) atoms. The zero-order chi connectivity index (χ0) is 17.3. The van der Waals surface area contributed by atoms with Crippen LogP contribution in [0, 0.1) is 0 Å². The van der Waals surface area contributed by atoms with E-state index in [1.165, 1.54) is 36.2 Å². The van der Waals surface area contributed by atoms with E-state index in [1.807, 2.05) is 11.4 Å². The minimum Gasteiger partial charge on any atom is -0.337 e. The number of hydrogen-bond donors (Lipinski definition) is 0. The number of benzene rings is 1. The molecule has 0 N–H and O–H groups in total. The first-order valence-corrected chi connectivity index (χ1v) is 10.1. The number of amides is 1. The molecule has 1 aromatic carbocycles. The topological polar surface area (TPSA) is 57.7 Å². The standard InChI is InChI=1S/C16H17ClN2O3S2/c1-18(24(21,22)14-4-2-13(17)3-5-14)11-16(20)19-8-6-15-12(10-19)7-9-23-15/h2-5,7,9H,6,8,10-11H2,1H3. The molecule has 8 heteroatoms. The molecular formula is C16H17ClN2O3S2. The Kier molecular flexibility index (Phi) is 4.96. The third-order valence-corrected chi connectivity index (χ3v) is 7.13. The lowest BCUT2D eigenvalue weighted by Gasteiger charge is -2.28.